The third-order valence-electron chi connectivity index (χ3n) is 2.78. The minimum atomic E-state index is -3.85. The number of hydrogen-bond donors (Lipinski definition) is 1. The van der Waals surface area contributed by atoms with Crippen LogP contribution in [-0.4, -0.2) is 39.4 Å². The molecule has 0 saturated carbocycles. The van der Waals surface area contributed by atoms with Crippen LogP contribution < -0.4 is 9.88 Å². The second-order valence-electron chi connectivity index (χ2n) is 3.88. The Morgan fingerprint density at radius 1 is 1.32 bits per heavy atom. The topological polar surface area (TPSA) is 89.7 Å². The summed E-state index contributed by atoms with van der Waals surface area (Å²) in [6.45, 7) is 4.74. The van der Waals surface area contributed by atoms with E-state index in [1.165, 1.54) is 25.3 Å². The molecule has 1 aromatic carbocycles. The molecule has 0 saturated heterocycles. The molecular weight excluding hydrogens is 268 g/mol. The van der Waals surface area contributed by atoms with Crippen molar-refractivity contribution in [3.63, 3.8) is 0 Å². The summed E-state index contributed by atoms with van der Waals surface area (Å²) in [5.74, 6) is 0.0386. The number of methoxy groups -OCH3 is 1. The lowest BCUT2D eigenvalue weighted by molar-refractivity contribution is 0.0769. The number of rotatable bonds is 5. The molecule has 1 rings (SSSR count). The lowest BCUT2D eigenvalue weighted by Crippen LogP contribution is -2.31. The predicted octanol–water partition coefficient (Wildman–Crippen LogP) is 0.825. The van der Waals surface area contributed by atoms with Gasteiger partial charge in [0.05, 0.1) is 17.6 Å². The molecule has 0 heterocycles. The normalized spacial score (nSPS) is 11.2. The van der Waals surface area contributed by atoms with Crippen LogP contribution in [0.25, 0.3) is 0 Å². The Morgan fingerprint density at radius 2 is 1.89 bits per heavy atom. The third-order valence-corrected chi connectivity index (χ3v) is 3.69. The Bertz CT molecular complexity index is 565. The van der Waals surface area contributed by atoms with E-state index in [1.54, 1.807) is 4.90 Å². The van der Waals surface area contributed by atoms with E-state index in [9.17, 15) is 13.2 Å². The SMILES string of the molecule is CCN(CC)C(=O)c1cc(S(N)(=O)=O)ccc1OC. The van der Waals surface area contributed by atoms with Crippen molar-refractivity contribution >= 4 is 15.9 Å². The largest absolute Gasteiger partial charge is 0.496 e. The number of nitrogens with two attached hydrogens (primary N) is 1. The van der Waals surface area contributed by atoms with Crippen molar-refractivity contribution in [2.45, 2.75) is 18.7 Å². The van der Waals surface area contributed by atoms with Crippen LogP contribution in [0, 0.1) is 0 Å². The van der Waals surface area contributed by atoms with Crippen molar-refractivity contribution in [1.29, 1.82) is 0 Å². The van der Waals surface area contributed by atoms with Crippen LogP contribution >= 0.6 is 0 Å². The fourth-order valence-corrected chi connectivity index (χ4v) is 2.25. The molecule has 7 heteroatoms. The Hall–Kier alpha value is -1.60. The Labute approximate surface area is 113 Å². The fraction of sp³-hybridized carbons (Fsp3) is 0.417. The molecule has 0 fully saturated rings. The van der Waals surface area contributed by atoms with Crippen LogP contribution in [0.15, 0.2) is 23.1 Å². The van der Waals surface area contributed by atoms with Crippen LogP contribution in [0.5, 0.6) is 5.75 Å². The monoisotopic (exact) mass is 286 g/mol. The van der Waals surface area contributed by atoms with Gasteiger partial charge in [-0.1, -0.05) is 0 Å². The molecule has 0 spiro atoms. The van der Waals surface area contributed by atoms with Gasteiger partial charge in [-0.05, 0) is 32.0 Å². The molecule has 0 aromatic heterocycles. The summed E-state index contributed by atoms with van der Waals surface area (Å²) in [6, 6.07) is 3.98. The van der Waals surface area contributed by atoms with E-state index in [2.05, 4.69) is 0 Å². The van der Waals surface area contributed by atoms with Gasteiger partial charge in [0.25, 0.3) is 5.91 Å². The molecule has 1 amide bonds. The number of nitrogens with zero attached hydrogens (tertiary/aromatic N) is 1. The van der Waals surface area contributed by atoms with Gasteiger partial charge >= 0.3 is 0 Å². The third kappa shape index (κ3) is 3.45. The first-order valence-corrected chi connectivity index (χ1v) is 7.39. The maximum atomic E-state index is 12.3. The minimum absolute atomic E-state index is 0.108. The van der Waals surface area contributed by atoms with E-state index in [4.69, 9.17) is 9.88 Å². The molecule has 19 heavy (non-hydrogen) atoms. The number of carbonyl (C=O) groups is 1. The molecule has 6 nitrogen and oxygen atoms in total. The molecule has 0 aliphatic rings. The number of amides is 1. The van der Waals surface area contributed by atoms with Gasteiger partial charge in [0, 0.05) is 13.1 Å². The highest BCUT2D eigenvalue weighted by molar-refractivity contribution is 7.89. The molecule has 0 atom stereocenters. The smallest absolute Gasteiger partial charge is 0.257 e. The Morgan fingerprint density at radius 3 is 2.32 bits per heavy atom. The van der Waals surface area contributed by atoms with Gasteiger partial charge in [-0.15, -0.1) is 0 Å². The van der Waals surface area contributed by atoms with Gasteiger partial charge < -0.3 is 9.64 Å². The summed E-state index contributed by atoms with van der Waals surface area (Å²) in [5.41, 5.74) is 0.192. The van der Waals surface area contributed by atoms with Gasteiger partial charge in [0.2, 0.25) is 10.0 Å². The Balaban J connectivity index is 3.35. The highest BCUT2D eigenvalue weighted by Gasteiger charge is 2.20. The quantitative estimate of drug-likeness (QED) is 0.868. The number of primary sulfonamides is 1. The summed E-state index contributed by atoms with van der Waals surface area (Å²) in [5, 5.41) is 5.06. The van der Waals surface area contributed by atoms with Crippen molar-refractivity contribution in [3.05, 3.63) is 23.8 Å². The van der Waals surface area contributed by atoms with Gasteiger partial charge in [-0.2, -0.15) is 0 Å². The summed E-state index contributed by atoms with van der Waals surface area (Å²) in [6.07, 6.45) is 0. The van der Waals surface area contributed by atoms with Crippen molar-refractivity contribution in [2.24, 2.45) is 5.14 Å². The number of hydrogen-bond acceptors (Lipinski definition) is 4. The van der Waals surface area contributed by atoms with E-state index < -0.39 is 10.0 Å². The average Bonchev–Trinajstić information content (AvgIpc) is 2.38. The highest BCUT2D eigenvalue weighted by atomic mass is 32.2. The molecule has 0 bridgehead atoms. The highest BCUT2D eigenvalue weighted by Crippen LogP contribution is 2.23. The zero-order chi connectivity index (χ0) is 14.6. The van der Waals surface area contributed by atoms with Crippen molar-refractivity contribution < 1.29 is 17.9 Å². The van der Waals surface area contributed by atoms with Crippen LogP contribution in [0.3, 0.4) is 0 Å². The Kier molecular flexibility index (Phi) is 4.90. The molecule has 0 radical (unpaired) electrons. The number of sulfonamides is 1. The summed E-state index contributed by atoms with van der Waals surface area (Å²) < 4.78 is 27.7. The molecule has 0 aliphatic carbocycles. The molecule has 1 aromatic rings. The van der Waals surface area contributed by atoms with Crippen LogP contribution in [0.1, 0.15) is 24.2 Å². The summed E-state index contributed by atoms with van der Waals surface area (Å²) in [4.78, 5) is 13.7. The lowest BCUT2D eigenvalue weighted by Gasteiger charge is -2.20. The second kappa shape index (κ2) is 6.03. The lowest BCUT2D eigenvalue weighted by atomic mass is 10.1. The van der Waals surface area contributed by atoms with Gasteiger partial charge in [-0.25, -0.2) is 13.6 Å². The zero-order valence-electron chi connectivity index (χ0n) is 11.2. The first-order chi connectivity index (χ1) is 8.85. The second-order valence-corrected chi connectivity index (χ2v) is 5.45. The van der Waals surface area contributed by atoms with Crippen molar-refractivity contribution in [3.8, 4) is 5.75 Å². The number of ether oxygens (including phenoxy) is 1. The molecule has 2 N–H and O–H groups in total. The summed E-state index contributed by atoms with van der Waals surface area (Å²) >= 11 is 0. The van der Waals surface area contributed by atoms with E-state index in [1.807, 2.05) is 13.8 Å². The minimum Gasteiger partial charge on any atom is -0.496 e. The van der Waals surface area contributed by atoms with Crippen LogP contribution in [0.4, 0.5) is 0 Å². The van der Waals surface area contributed by atoms with E-state index in [-0.39, 0.29) is 16.4 Å². The first kappa shape index (κ1) is 15.5. The van der Waals surface area contributed by atoms with Crippen LogP contribution in [-0.2, 0) is 10.0 Å². The molecule has 106 valence electrons. The maximum absolute atomic E-state index is 12.3. The molecule has 0 unspecified atom stereocenters. The van der Waals surface area contributed by atoms with E-state index in [0.717, 1.165) is 0 Å². The maximum Gasteiger partial charge on any atom is 0.257 e. The van der Waals surface area contributed by atoms with E-state index >= 15 is 0 Å². The van der Waals surface area contributed by atoms with Crippen molar-refractivity contribution in [1.82, 2.24) is 4.90 Å². The summed E-state index contributed by atoms with van der Waals surface area (Å²) in [7, 11) is -2.43. The number of carbonyl (C=O) groups excluding carboxylic acids is 1. The molecular formula is C12H18N2O4S. The zero-order valence-corrected chi connectivity index (χ0v) is 12.0. The fourth-order valence-electron chi connectivity index (χ4n) is 1.71. The number of benzene rings is 1. The predicted molar refractivity (Wildman–Crippen MR) is 71.6 cm³/mol. The van der Waals surface area contributed by atoms with Crippen LogP contribution in [0.2, 0.25) is 0 Å². The van der Waals surface area contributed by atoms with E-state index in [0.29, 0.717) is 18.8 Å². The van der Waals surface area contributed by atoms with Gasteiger partial charge in [-0.3, -0.25) is 4.79 Å². The van der Waals surface area contributed by atoms with Crippen molar-refractivity contribution in [2.75, 3.05) is 20.2 Å². The first-order valence-electron chi connectivity index (χ1n) is 5.85. The van der Waals surface area contributed by atoms with Gasteiger partial charge in [0.1, 0.15) is 5.75 Å². The van der Waals surface area contributed by atoms with Gasteiger partial charge in [0.15, 0.2) is 0 Å². The average molecular weight is 286 g/mol. The molecule has 0 aliphatic heterocycles. The standard InChI is InChI=1S/C12H18N2O4S/c1-4-14(5-2)12(15)10-8-9(19(13,16)17)6-7-11(10)18-3/h6-8H,4-5H2,1-3H3,(H2,13,16,17).